The number of rotatable bonds is 5. The number of nitrogens with zero attached hydrogens (tertiary/aromatic N) is 4. The van der Waals surface area contributed by atoms with Crippen molar-refractivity contribution in [1.82, 2.24) is 10.2 Å². The number of aromatic nitrogens is 2. The van der Waals surface area contributed by atoms with Gasteiger partial charge in [-0.25, -0.2) is 0 Å². The Balaban J connectivity index is 1.75. The van der Waals surface area contributed by atoms with Gasteiger partial charge in [-0.15, -0.1) is 10.2 Å². The number of nitro groups is 1. The van der Waals surface area contributed by atoms with Gasteiger partial charge in [0.1, 0.15) is 10.6 Å². The van der Waals surface area contributed by atoms with Crippen molar-refractivity contribution < 1.29 is 14.1 Å². The summed E-state index contributed by atoms with van der Waals surface area (Å²) in [5.74, 6) is -0.619. The molecule has 0 aliphatic carbocycles. The zero-order valence-electron chi connectivity index (χ0n) is 17.1. The molecule has 4 aromatic rings. The van der Waals surface area contributed by atoms with Gasteiger partial charge < -0.3 is 4.42 Å². The van der Waals surface area contributed by atoms with E-state index in [9.17, 15) is 19.7 Å². The molecule has 0 bridgehead atoms. The molecular weight excluding hydrogens is 468 g/mol. The number of hydrogen-bond acceptors (Lipinski definition) is 8. The number of anilines is 1. The number of benzene rings is 2. The summed E-state index contributed by atoms with van der Waals surface area (Å²) in [6.45, 7) is 2.01. The van der Waals surface area contributed by atoms with Crippen LogP contribution in [-0.4, -0.2) is 21.0 Å². The van der Waals surface area contributed by atoms with E-state index in [1.807, 2.05) is 6.92 Å². The van der Waals surface area contributed by atoms with Gasteiger partial charge in [0.15, 0.2) is 5.43 Å². The first-order valence-corrected chi connectivity index (χ1v) is 11.2. The van der Waals surface area contributed by atoms with Crippen LogP contribution in [0.5, 0.6) is 0 Å². The predicted molar refractivity (Wildman–Crippen MR) is 123 cm³/mol. The first-order valence-electron chi connectivity index (χ1n) is 10.1. The maximum Gasteiger partial charge on any atom is 0.297 e. The lowest BCUT2D eigenvalue weighted by Gasteiger charge is -2.21. The highest BCUT2D eigenvalue weighted by Crippen LogP contribution is 2.42. The van der Waals surface area contributed by atoms with E-state index >= 15 is 0 Å². The van der Waals surface area contributed by atoms with Gasteiger partial charge in [-0.2, -0.15) is 0 Å². The Bertz CT molecular complexity index is 1480. The molecule has 2 aromatic heterocycles. The van der Waals surface area contributed by atoms with Gasteiger partial charge in [0.05, 0.1) is 21.9 Å². The maximum absolute atomic E-state index is 13.5. The van der Waals surface area contributed by atoms with E-state index in [-0.39, 0.29) is 28.0 Å². The van der Waals surface area contributed by atoms with Crippen LogP contribution in [0.3, 0.4) is 0 Å². The van der Waals surface area contributed by atoms with Crippen molar-refractivity contribution in [3.05, 3.63) is 89.7 Å². The molecule has 0 spiro atoms. The first-order chi connectivity index (χ1) is 15.9. The molecule has 0 saturated heterocycles. The summed E-state index contributed by atoms with van der Waals surface area (Å²) in [4.78, 5) is 39.0. The molecular formula is C22H15ClN4O5S. The first kappa shape index (κ1) is 21.2. The standard InChI is InChI=1S/C22H15ClN4O5S/c1-2-3-16-24-25-22(33-16)26-18(11-4-7-13(8-5-11)27(30)31)17-19(28)14-10-12(23)6-9-15(14)32-20(17)21(26)29/h4-10,18H,2-3H2,1H3. The molecule has 1 aliphatic heterocycles. The highest BCUT2D eigenvalue weighted by Gasteiger charge is 2.45. The fourth-order valence-corrected chi connectivity index (χ4v) is 5.03. The topological polar surface area (TPSA) is 119 Å². The second-order valence-corrected chi connectivity index (χ2v) is 8.95. The quantitative estimate of drug-likeness (QED) is 0.293. The molecule has 0 fully saturated rings. The maximum atomic E-state index is 13.5. The predicted octanol–water partition coefficient (Wildman–Crippen LogP) is 4.91. The normalized spacial score (nSPS) is 15.3. The van der Waals surface area contributed by atoms with Crippen LogP contribution in [0.2, 0.25) is 5.02 Å². The van der Waals surface area contributed by atoms with E-state index in [4.69, 9.17) is 16.0 Å². The smallest absolute Gasteiger partial charge is 0.297 e. The fourth-order valence-electron chi connectivity index (χ4n) is 3.89. The van der Waals surface area contributed by atoms with Gasteiger partial charge in [0.25, 0.3) is 11.6 Å². The highest BCUT2D eigenvalue weighted by atomic mass is 35.5. The second kappa shape index (κ2) is 8.05. The van der Waals surface area contributed by atoms with Crippen molar-refractivity contribution >= 4 is 50.6 Å². The van der Waals surface area contributed by atoms with E-state index < -0.39 is 22.3 Å². The van der Waals surface area contributed by atoms with Crippen molar-refractivity contribution in [3.63, 3.8) is 0 Å². The summed E-state index contributed by atoms with van der Waals surface area (Å²) in [6, 6.07) is 9.44. The van der Waals surface area contributed by atoms with Crippen LogP contribution in [0.25, 0.3) is 11.0 Å². The molecule has 0 saturated carbocycles. The van der Waals surface area contributed by atoms with Crippen molar-refractivity contribution in [1.29, 1.82) is 0 Å². The Morgan fingerprint density at radius 2 is 1.94 bits per heavy atom. The Morgan fingerprint density at radius 1 is 1.18 bits per heavy atom. The van der Waals surface area contributed by atoms with Crippen LogP contribution < -0.4 is 10.3 Å². The van der Waals surface area contributed by atoms with Gasteiger partial charge in [0, 0.05) is 23.6 Å². The number of fused-ring (bicyclic) bond motifs is 2. The van der Waals surface area contributed by atoms with Crippen LogP contribution in [0, 0.1) is 10.1 Å². The number of halogens is 1. The number of nitro benzene ring substituents is 1. The second-order valence-electron chi connectivity index (χ2n) is 7.47. The molecule has 1 unspecified atom stereocenters. The molecule has 33 heavy (non-hydrogen) atoms. The molecule has 1 aliphatic rings. The van der Waals surface area contributed by atoms with E-state index in [1.54, 1.807) is 12.1 Å². The number of hydrogen-bond donors (Lipinski definition) is 0. The average molecular weight is 483 g/mol. The molecule has 5 rings (SSSR count). The summed E-state index contributed by atoms with van der Waals surface area (Å²) in [5.41, 5.74) is 0.383. The zero-order valence-corrected chi connectivity index (χ0v) is 18.7. The number of carbonyl (C=O) groups excluding carboxylic acids is 1. The molecule has 0 N–H and O–H groups in total. The van der Waals surface area contributed by atoms with Gasteiger partial charge in [0.2, 0.25) is 10.9 Å². The number of non-ortho nitro benzene ring substituents is 1. The van der Waals surface area contributed by atoms with Gasteiger partial charge in [-0.05, 0) is 42.3 Å². The Hall–Kier alpha value is -3.63. The largest absolute Gasteiger partial charge is 0.450 e. The molecule has 11 heteroatoms. The monoisotopic (exact) mass is 482 g/mol. The van der Waals surface area contributed by atoms with E-state index in [0.717, 1.165) is 11.4 Å². The third-order valence-electron chi connectivity index (χ3n) is 5.38. The van der Waals surface area contributed by atoms with Crippen LogP contribution in [0.4, 0.5) is 10.8 Å². The highest BCUT2D eigenvalue weighted by molar-refractivity contribution is 7.15. The minimum Gasteiger partial charge on any atom is -0.450 e. The molecule has 3 heterocycles. The van der Waals surface area contributed by atoms with E-state index in [1.165, 1.54) is 46.6 Å². The Kier molecular flexibility index (Phi) is 5.18. The van der Waals surface area contributed by atoms with Gasteiger partial charge in [-0.1, -0.05) is 29.9 Å². The summed E-state index contributed by atoms with van der Waals surface area (Å²) < 4.78 is 5.87. The minimum absolute atomic E-state index is 0.0922. The molecule has 1 amide bonds. The Labute approximate surface area is 195 Å². The van der Waals surface area contributed by atoms with Crippen molar-refractivity contribution in [3.8, 4) is 0 Å². The lowest BCUT2D eigenvalue weighted by Crippen LogP contribution is -2.29. The number of aryl methyl sites for hydroxylation is 1. The molecule has 166 valence electrons. The van der Waals surface area contributed by atoms with Gasteiger partial charge >= 0.3 is 0 Å². The number of carbonyl (C=O) groups is 1. The van der Waals surface area contributed by atoms with Crippen LogP contribution in [-0.2, 0) is 6.42 Å². The fraction of sp³-hybridized carbons (Fsp3) is 0.182. The lowest BCUT2D eigenvalue weighted by atomic mass is 9.98. The molecule has 2 aromatic carbocycles. The van der Waals surface area contributed by atoms with E-state index in [2.05, 4.69) is 10.2 Å². The third-order valence-corrected chi connectivity index (χ3v) is 6.60. The van der Waals surface area contributed by atoms with Crippen molar-refractivity contribution in [2.45, 2.75) is 25.8 Å². The SMILES string of the molecule is CCCc1nnc(N2C(=O)c3oc4ccc(Cl)cc4c(=O)c3C2c2ccc([N+](=O)[O-])cc2)s1. The van der Waals surface area contributed by atoms with Crippen molar-refractivity contribution in [2.24, 2.45) is 0 Å². The minimum atomic E-state index is -0.879. The van der Waals surface area contributed by atoms with Crippen LogP contribution in [0.15, 0.2) is 51.7 Å². The zero-order chi connectivity index (χ0) is 23.3. The lowest BCUT2D eigenvalue weighted by molar-refractivity contribution is -0.384. The van der Waals surface area contributed by atoms with Gasteiger partial charge in [-0.3, -0.25) is 24.6 Å². The van der Waals surface area contributed by atoms with Crippen LogP contribution in [0.1, 0.15) is 46.1 Å². The number of amides is 1. The van der Waals surface area contributed by atoms with Crippen molar-refractivity contribution in [2.75, 3.05) is 4.90 Å². The third kappa shape index (κ3) is 3.47. The molecule has 0 radical (unpaired) electrons. The average Bonchev–Trinajstić information content (AvgIpc) is 3.37. The summed E-state index contributed by atoms with van der Waals surface area (Å²) >= 11 is 7.35. The van der Waals surface area contributed by atoms with Crippen LogP contribution >= 0.6 is 22.9 Å². The van der Waals surface area contributed by atoms with E-state index in [0.29, 0.717) is 22.1 Å². The molecule has 1 atom stereocenters. The molecule has 9 nitrogen and oxygen atoms in total. The summed E-state index contributed by atoms with van der Waals surface area (Å²) in [6.07, 6.45) is 1.56. The summed E-state index contributed by atoms with van der Waals surface area (Å²) in [5, 5.41) is 21.1. The Morgan fingerprint density at radius 3 is 2.64 bits per heavy atom. The summed E-state index contributed by atoms with van der Waals surface area (Å²) in [7, 11) is 0.